The lowest BCUT2D eigenvalue weighted by Crippen LogP contribution is -2.52. The molecule has 0 spiro atoms. The number of nitrogens with zero attached hydrogens (tertiary/aromatic N) is 5. The van der Waals surface area contributed by atoms with Crippen LogP contribution >= 0.6 is 0 Å². The number of para-hydroxylation sites is 1. The fraction of sp³-hybridized carbons (Fsp3) is 0.273. The Morgan fingerprint density at radius 1 is 0.967 bits per heavy atom. The molecule has 1 aliphatic rings. The zero-order valence-corrected chi connectivity index (χ0v) is 16.8. The molecule has 0 bridgehead atoms. The maximum absolute atomic E-state index is 12.7. The van der Waals surface area contributed by atoms with Gasteiger partial charge in [0.25, 0.3) is 5.91 Å². The Morgan fingerprint density at radius 3 is 2.37 bits per heavy atom. The first-order chi connectivity index (χ1) is 14.7. The second-order valence-corrected chi connectivity index (χ2v) is 7.02. The molecule has 3 heterocycles. The van der Waals surface area contributed by atoms with Crippen molar-refractivity contribution in [1.29, 1.82) is 0 Å². The van der Waals surface area contributed by atoms with E-state index in [9.17, 15) is 4.79 Å². The lowest BCUT2D eigenvalue weighted by atomic mass is 10.2. The Bertz CT molecular complexity index is 944. The van der Waals surface area contributed by atoms with Crippen molar-refractivity contribution in [3.05, 3.63) is 67.0 Å². The molecule has 1 aliphatic heterocycles. The summed E-state index contributed by atoms with van der Waals surface area (Å²) >= 11 is 0. The van der Waals surface area contributed by atoms with Crippen LogP contribution in [0.3, 0.4) is 0 Å². The fourth-order valence-corrected chi connectivity index (χ4v) is 3.31. The zero-order chi connectivity index (χ0) is 20.8. The van der Waals surface area contributed by atoms with Crippen molar-refractivity contribution in [3.63, 3.8) is 0 Å². The molecule has 8 nitrogen and oxygen atoms in total. The number of amides is 1. The fourth-order valence-electron chi connectivity index (χ4n) is 3.31. The minimum atomic E-state index is -0.516. The maximum atomic E-state index is 12.7. The van der Waals surface area contributed by atoms with E-state index in [-0.39, 0.29) is 5.91 Å². The normalized spacial score (nSPS) is 14.8. The van der Waals surface area contributed by atoms with Crippen LogP contribution < -0.4 is 15.0 Å². The summed E-state index contributed by atoms with van der Waals surface area (Å²) in [6, 6.07) is 17.0. The van der Waals surface area contributed by atoms with Crippen LogP contribution in [0, 0.1) is 0 Å². The van der Waals surface area contributed by atoms with E-state index in [2.05, 4.69) is 25.4 Å². The second-order valence-electron chi connectivity index (χ2n) is 7.02. The van der Waals surface area contributed by atoms with Gasteiger partial charge in [-0.05, 0) is 43.3 Å². The molecule has 1 fully saturated rings. The van der Waals surface area contributed by atoms with E-state index in [0.717, 1.165) is 11.5 Å². The summed E-state index contributed by atoms with van der Waals surface area (Å²) in [4.78, 5) is 20.7. The number of rotatable bonds is 6. The van der Waals surface area contributed by atoms with Gasteiger partial charge in [-0.3, -0.25) is 9.78 Å². The van der Waals surface area contributed by atoms with Crippen molar-refractivity contribution < 1.29 is 9.53 Å². The van der Waals surface area contributed by atoms with Gasteiger partial charge in [0.05, 0.1) is 0 Å². The number of piperazine rings is 1. The van der Waals surface area contributed by atoms with Gasteiger partial charge in [0.2, 0.25) is 0 Å². The molecule has 1 saturated heterocycles. The molecular weight excluding hydrogens is 380 g/mol. The molecule has 8 heteroatoms. The molecule has 1 amide bonds. The standard InChI is InChI=1S/C22H24N6O2/c1-17(30-19-5-3-2-4-6-19)22(29)28-15-13-27(14-16-28)21-8-7-20(25-26-21)24-18-9-11-23-12-10-18/h2-12,17H,13-16H2,1H3,(H,23,24,25). The lowest BCUT2D eigenvalue weighted by molar-refractivity contribution is -0.138. The molecule has 4 rings (SSSR count). The Kier molecular flexibility index (Phi) is 6.03. The molecular formula is C22H24N6O2. The molecule has 0 radical (unpaired) electrons. The first-order valence-electron chi connectivity index (χ1n) is 9.95. The summed E-state index contributed by atoms with van der Waals surface area (Å²) in [5.41, 5.74) is 0.908. The number of pyridine rings is 1. The predicted octanol–water partition coefficient (Wildman–Crippen LogP) is 2.73. The number of ether oxygens (including phenoxy) is 1. The van der Waals surface area contributed by atoms with Crippen LogP contribution in [0.1, 0.15) is 6.92 Å². The van der Waals surface area contributed by atoms with Gasteiger partial charge in [0.15, 0.2) is 17.7 Å². The smallest absolute Gasteiger partial charge is 0.263 e. The maximum Gasteiger partial charge on any atom is 0.263 e. The third-order valence-electron chi connectivity index (χ3n) is 4.92. The van der Waals surface area contributed by atoms with Gasteiger partial charge in [0, 0.05) is 44.3 Å². The number of anilines is 3. The van der Waals surface area contributed by atoms with E-state index in [1.165, 1.54) is 0 Å². The largest absolute Gasteiger partial charge is 0.481 e. The Hall–Kier alpha value is -3.68. The first-order valence-corrected chi connectivity index (χ1v) is 9.95. The highest BCUT2D eigenvalue weighted by atomic mass is 16.5. The number of nitrogens with one attached hydrogen (secondary N) is 1. The molecule has 1 unspecified atom stereocenters. The average Bonchev–Trinajstić information content (AvgIpc) is 2.80. The van der Waals surface area contributed by atoms with Crippen LogP contribution in [0.2, 0.25) is 0 Å². The van der Waals surface area contributed by atoms with E-state index in [0.29, 0.717) is 37.7 Å². The van der Waals surface area contributed by atoms with Crippen LogP contribution in [-0.4, -0.2) is 58.3 Å². The Labute approximate surface area is 175 Å². The van der Waals surface area contributed by atoms with Crippen molar-refractivity contribution in [3.8, 4) is 5.75 Å². The predicted molar refractivity (Wildman–Crippen MR) is 115 cm³/mol. The van der Waals surface area contributed by atoms with Crippen molar-refractivity contribution in [1.82, 2.24) is 20.1 Å². The SMILES string of the molecule is CC(Oc1ccccc1)C(=O)N1CCN(c2ccc(Nc3ccncc3)nn2)CC1. The lowest BCUT2D eigenvalue weighted by Gasteiger charge is -2.36. The zero-order valence-electron chi connectivity index (χ0n) is 16.8. The van der Waals surface area contributed by atoms with Gasteiger partial charge in [-0.1, -0.05) is 18.2 Å². The quantitative estimate of drug-likeness (QED) is 0.676. The van der Waals surface area contributed by atoms with Crippen LogP contribution in [0.25, 0.3) is 0 Å². The summed E-state index contributed by atoms with van der Waals surface area (Å²) in [6.07, 6.45) is 2.92. The third kappa shape index (κ3) is 4.83. The van der Waals surface area contributed by atoms with Gasteiger partial charge < -0.3 is 19.9 Å². The van der Waals surface area contributed by atoms with Crippen LogP contribution in [0.15, 0.2) is 67.0 Å². The Morgan fingerprint density at radius 2 is 1.70 bits per heavy atom. The second kappa shape index (κ2) is 9.21. The monoisotopic (exact) mass is 404 g/mol. The van der Waals surface area contributed by atoms with Gasteiger partial charge in [-0.2, -0.15) is 0 Å². The van der Waals surface area contributed by atoms with Gasteiger partial charge in [0.1, 0.15) is 5.75 Å². The van der Waals surface area contributed by atoms with E-state index in [4.69, 9.17) is 4.74 Å². The first kappa shape index (κ1) is 19.6. The molecule has 1 atom stereocenters. The summed E-state index contributed by atoms with van der Waals surface area (Å²) in [5.74, 6) is 2.18. The minimum absolute atomic E-state index is 0.00138. The highest BCUT2D eigenvalue weighted by Crippen LogP contribution is 2.18. The molecule has 154 valence electrons. The number of hydrogen-bond donors (Lipinski definition) is 1. The topological polar surface area (TPSA) is 83.5 Å². The van der Waals surface area contributed by atoms with E-state index in [1.807, 2.05) is 59.5 Å². The van der Waals surface area contributed by atoms with Crippen molar-refractivity contribution in [2.45, 2.75) is 13.0 Å². The highest BCUT2D eigenvalue weighted by molar-refractivity contribution is 5.81. The van der Waals surface area contributed by atoms with Crippen molar-refractivity contribution in [2.75, 3.05) is 36.4 Å². The summed E-state index contributed by atoms with van der Waals surface area (Å²) in [6.45, 7) is 4.45. The molecule has 1 aromatic carbocycles. The van der Waals surface area contributed by atoms with Crippen molar-refractivity contribution in [2.24, 2.45) is 0 Å². The molecule has 0 aliphatic carbocycles. The average molecular weight is 404 g/mol. The van der Waals surface area contributed by atoms with E-state index in [1.54, 1.807) is 19.3 Å². The van der Waals surface area contributed by atoms with Gasteiger partial charge in [-0.25, -0.2) is 0 Å². The minimum Gasteiger partial charge on any atom is -0.481 e. The number of hydrogen-bond acceptors (Lipinski definition) is 7. The number of aromatic nitrogens is 3. The molecule has 30 heavy (non-hydrogen) atoms. The number of benzene rings is 1. The van der Waals surface area contributed by atoms with Gasteiger partial charge in [-0.15, -0.1) is 10.2 Å². The van der Waals surface area contributed by atoms with Crippen LogP contribution in [0.4, 0.5) is 17.3 Å². The van der Waals surface area contributed by atoms with Crippen LogP contribution in [0.5, 0.6) is 5.75 Å². The highest BCUT2D eigenvalue weighted by Gasteiger charge is 2.26. The molecule has 1 N–H and O–H groups in total. The Balaban J connectivity index is 1.29. The molecule has 3 aromatic rings. The summed E-state index contributed by atoms with van der Waals surface area (Å²) in [5, 5.41) is 11.8. The molecule has 0 saturated carbocycles. The third-order valence-corrected chi connectivity index (χ3v) is 4.92. The van der Waals surface area contributed by atoms with E-state index < -0.39 is 6.10 Å². The molecule has 2 aromatic heterocycles. The summed E-state index contributed by atoms with van der Waals surface area (Å²) < 4.78 is 5.76. The van der Waals surface area contributed by atoms with E-state index >= 15 is 0 Å². The number of carbonyl (C=O) groups excluding carboxylic acids is 1. The van der Waals surface area contributed by atoms with Crippen molar-refractivity contribution >= 4 is 23.2 Å². The van der Waals surface area contributed by atoms with Crippen LogP contribution in [-0.2, 0) is 4.79 Å². The number of carbonyl (C=O) groups is 1. The summed E-state index contributed by atoms with van der Waals surface area (Å²) in [7, 11) is 0. The van der Waals surface area contributed by atoms with Gasteiger partial charge >= 0.3 is 0 Å².